The predicted molar refractivity (Wildman–Crippen MR) is 123 cm³/mol. The molecule has 4 heteroatoms. The highest BCUT2D eigenvalue weighted by Crippen LogP contribution is 2.61. The summed E-state index contributed by atoms with van der Waals surface area (Å²) in [5.74, 6) is 0.461. The van der Waals surface area contributed by atoms with E-state index in [9.17, 15) is 9.90 Å². The second-order valence-electron chi connectivity index (χ2n) is 10.7. The molecule has 4 rings (SSSR count). The molecule has 2 heterocycles. The van der Waals surface area contributed by atoms with Crippen LogP contribution < -0.4 is 0 Å². The molecule has 2 aliphatic heterocycles. The minimum atomic E-state index is -0.608. The lowest BCUT2D eigenvalue weighted by molar-refractivity contribution is -0.361. The number of hydrogen-bond donors (Lipinski definition) is 1. The van der Waals surface area contributed by atoms with Crippen LogP contribution in [0.15, 0.2) is 24.3 Å². The average Bonchev–Trinajstić information content (AvgIpc) is 3.40. The van der Waals surface area contributed by atoms with Crippen molar-refractivity contribution < 1.29 is 19.4 Å². The molecule has 7 atom stereocenters. The Morgan fingerprint density at radius 3 is 2.77 bits per heavy atom. The summed E-state index contributed by atoms with van der Waals surface area (Å²) in [5.41, 5.74) is 0.788. The Bertz CT molecular complexity index is 699. The van der Waals surface area contributed by atoms with E-state index in [0.717, 1.165) is 37.7 Å². The van der Waals surface area contributed by atoms with E-state index in [1.807, 2.05) is 19.1 Å². The van der Waals surface area contributed by atoms with E-state index in [4.69, 9.17) is 9.47 Å². The number of ether oxygens (including phenoxy) is 2. The zero-order valence-electron chi connectivity index (χ0n) is 19.6. The topological polar surface area (TPSA) is 55.8 Å². The van der Waals surface area contributed by atoms with E-state index >= 15 is 0 Å². The van der Waals surface area contributed by atoms with Crippen LogP contribution in [-0.2, 0) is 14.3 Å². The number of aliphatic hydroxyl groups is 1. The lowest BCUT2D eigenvalue weighted by Gasteiger charge is -2.55. The number of carbonyl (C=O) groups excluding carboxylic acids is 1. The summed E-state index contributed by atoms with van der Waals surface area (Å²) >= 11 is 0. The summed E-state index contributed by atoms with van der Waals surface area (Å²) in [6.07, 6.45) is 17.6. The zero-order chi connectivity index (χ0) is 22.1. The maximum absolute atomic E-state index is 12.3. The number of allylic oxidation sites excluding steroid dienone is 2. The van der Waals surface area contributed by atoms with Gasteiger partial charge in [-0.1, -0.05) is 38.7 Å². The second-order valence-corrected chi connectivity index (χ2v) is 10.7. The van der Waals surface area contributed by atoms with Gasteiger partial charge in [-0.3, -0.25) is 4.79 Å². The quantitative estimate of drug-likeness (QED) is 0.374. The molecular weight excluding hydrogens is 388 g/mol. The van der Waals surface area contributed by atoms with Gasteiger partial charge in [-0.2, -0.15) is 0 Å². The van der Waals surface area contributed by atoms with Crippen molar-refractivity contribution in [2.45, 2.75) is 108 Å². The van der Waals surface area contributed by atoms with Crippen molar-refractivity contribution in [2.24, 2.45) is 23.7 Å². The number of fused-ring (bicyclic) bond motifs is 1. The third-order valence-electron chi connectivity index (χ3n) is 8.77. The van der Waals surface area contributed by atoms with E-state index in [-0.39, 0.29) is 41.8 Å². The Morgan fingerprint density at radius 1 is 1.23 bits per heavy atom. The van der Waals surface area contributed by atoms with Crippen LogP contribution in [0.1, 0.15) is 90.9 Å². The maximum atomic E-state index is 12.3. The normalized spacial score (nSPS) is 41.8. The highest BCUT2D eigenvalue weighted by Gasteiger charge is 2.64. The molecule has 1 saturated carbocycles. The first-order chi connectivity index (χ1) is 14.9. The van der Waals surface area contributed by atoms with E-state index < -0.39 is 5.79 Å². The minimum Gasteiger partial charge on any atom is -0.396 e. The van der Waals surface area contributed by atoms with E-state index in [0.29, 0.717) is 12.3 Å². The molecule has 174 valence electrons. The summed E-state index contributed by atoms with van der Waals surface area (Å²) in [5, 5.41) is 10.2. The molecule has 2 saturated heterocycles. The van der Waals surface area contributed by atoms with Gasteiger partial charge in [-0.15, -0.1) is 6.58 Å². The van der Waals surface area contributed by atoms with Crippen molar-refractivity contribution in [1.29, 1.82) is 0 Å². The Kier molecular flexibility index (Phi) is 7.10. The summed E-state index contributed by atoms with van der Waals surface area (Å²) in [6, 6.07) is 0. The van der Waals surface area contributed by atoms with Gasteiger partial charge in [-0.25, -0.2) is 0 Å². The van der Waals surface area contributed by atoms with Crippen LogP contribution in [0.5, 0.6) is 0 Å². The molecule has 4 unspecified atom stereocenters. The van der Waals surface area contributed by atoms with Crippen molar-refractivity contribution in [3.05, 3.63) is 24.3 Å². The summed E-state index contributed by atoms with van der Waals surface area (Å²) in [7, 11) is 0. The fraction of sp³-hybridized carbons (Fsp3) is 0.815. The molecule has 0 radical (unpaired) electrons. The smallest absolute Gasteiger partial charge is 0.172 e. The molecule has 0 aromatic rings. The fourth-order valence-corrected chi connectivity index (χ4v) is 6.65. The molecule has 1 N–H and O–H groups in total. The first kappa shape index (κ1) is 23.2. The predicted octanol–water partition coefficient (Wildman–Crippen LogP) is 5.74. The van der Waals surface area contributed by atoms with Crippen LogP contribution in [-0.4, -0.2) is 35.0 Å². The molecule has 4 aliphatic rings. The number of carbonyl (C=O) groups is 1. The number of Topliss-reactive ketones (excluding diaryl/α,β-unsaturated/α-hetero) is 1. The Balaban J connectivity index is 1.37. The van der Waals surface area contributed by atoms with Crippen LogP contribution in [0.3, 0.4) is 0 Å². The molecule has 3 fully saturated rings. The molecule has 2 aliphatic carbocycles. The van der Waals surface area contributed by atoms with Gasteiger partial charge in [0.2, 0.25) is 0 Å². The van der Waals surface area contributed by atoms with Gasteiger partial charge in [0, 0.05) is 31.3 Å². The van der Waals surface area contributed by atoms with E-state index in [2.05, 4.69) is 13.5 Å². The van der Waals surface area contributed by atoms with Crippen molar-refractivity contribution in [1.82, 2.24) is 0 Å². The third kappa shape index (κ3) is 4.58. The van der Waals surface area contributed by atoms with Crippen LogP contribution in [0.2, 0.25) is 0 Å². The monoisotopic (exact) mass is 430 g/mol. The van der Waals surface area contributed by atoms with Crippen molar-refractivity contribution >= 4 is 5.78 Å². The van der Waals surface area contributed by atoms with E-state index in [1.165, 1.54) is 38.5 Å². The molecule has 0 aromatic heterocycles. The molecule has 2 spiro atoms. The number of rotatable bonds is 9. The number of hydrogen-bond acceptors (Lipinski definition) is 4. The van der Waals surface area contributed by atoms with Gasteiger partial charge in [0.1, 0.15) is 0 Å². The van der Waals surface area contributed by atoms with Gasteiger partial charge in [0.15, 0.2) is 11.6 Å². The molecule has 0 amide bonds. The largest absolute Gasteiger partial charge is 0.396 e. The molecule has 0 aromatic carbocycles. The highest BCUT2D eigenvalue weighted by molar-refractivity contribution is 5.96. The number of ketones is 1. The van der Waals surface area contributed by atoms with Crippen LogP contribution in [0.25, 0.3) is 0 Å². The average molecular weight is 431 g/mol. The summed E-state index contributed by atoms with van der Waals surface area (Å²) in [6.45, 7) is 7.96. The molecular formula is C27H42O4. The van der Waals surface area contributed by atoms with Gasteiger partial charge >= 0.3 is 0 Å². The van der Waals surface area contributed by atoms with Crippen molar-refractivity contribution in [2.75, 3.05) is 6.61 Å². The fourth-order valence-electron chi connectivity index (χ4n) is 6.65. The minimum absolute atomic E-state index is 0.00849. The summed E-state index contributed by atoms with van der Waals surface area (Å²) < 4.78 is 13.6. The first-order valence-corrected chi connectivity index (χ1v) is 12.8. The SMILES string of the molecule is C=CCCCCCCCC1CC12CCC[C@@]1(O[C@@H]3C=C(C)C(=O)C[C@@H]3C(CO)C1C)O2. The van der Waals surface area contributed by atoms with Crippen LogP contribution in [0, 0.1) is 23.7 Å². The molecule has 31 heavy (non-hydrogen) atoms. The Morgan fingerprint density at radius 2 is 2.00 bits per heavy atom. The lowest BCUT2D eigenvalue weighted by atomic mass is 9.67. The third-order valence-corrected chi connectivity index (χ3v) is 8.77. The number of unbranched alkanes of at least 4 members (excludes halogenated alkanes) is 5. The highest BCUT2D eigenvalue weighted by atomic mass is 16.7. The number of aliphatic hydroxyl groups excluding tert-OH is 1. The second kappa shape index (κ2) is 9.49. The van der Waals surface area contributed by atoms with Crippen LogP contribution in [0.4, 0.5) is 0 Å². The zero-order valence-corrected chi connectivity index (χ0v) is 19.6. The van der Waals surface area contributed by atoms with Gasteiger partial charge in [-0.05, 0) is 68.9 Å². The standard InChI is InChI=1S/C27H42O4/c1-4-5-6-7-8-9-10-12-21-17-26(21)13-11-14-27(31-26)20(3)23(18-28)22-16-24(29)19(2)15-25(22)30-27/h4,15,20-23,25,28H,1,5-14,16-18H2,2-3H3/t20?,21?,22-,23?,25-,26?,27-/m1/s1. The van der Waals surface area contributed by atoms with Gasteiger partial charge < -0.3 is 14.6 Å². The maximum Gasteiger partial charge on any atom is 0.172 e. The van der Waals surface area contributed by atoms with Gasteiger partial charge in [0.05, 0.1) is 11.7 Å². The van der Waals surface area contributed by atoms with Crippen molar-refractivity contribution in [3.63, 3.8) is 0 Å². The van der Waals surface area contributed by atoms with Gasteiger partial charge in [0.25, 0.3) is 0 Å². The Hall–Kier alpha value is -0.970. The lowest BCUT2D eigenvalue weighted by Crippen LogP contribution is -2.61. The molecule has 0 bridgehead atoms. The molecule has 4 nitrogen and oxygen atoms in total. The van der Waals surface area contributed by atoms with Crippen molar-refractivity contribution in [3.8, 4) is 0 Å². The van der Waals surface area contributed by atoms with E-state index in [1.54, 1.807) is 0 Å². The first-order valence-electron chi connectivity index (χ1n) is 12.8. The summed E-state index contributed by atoms with van der Waals surface area (Å²) in [4.78, 5) is 12.3. The Labute approximate surface area is 188 Å². The van der Waals surface area contributed by atoms with Crippen LogP contribution >= 0.6 is 0 Å².